The molecule has 5 rings (SSSR count). The maximum Gasteiger partial charge on any atom is 0.254 e. The van der Waals surface area contributed by atoms with Crippen molar-refractivity contribution in [1.29, 1.82) is 0 Å². The fourth-order valence-corrected chi connectivity index (χ4v) is 4.52. The molecule has 0 aliphatic carbocycles. The van der Waals surface area contributed by atoms with Crippen molar-refractivity contribution in [2.75, 3.05) is 20.8 Å². The smallest absolute Gasteiger partial charge is 0.254 e. The minimum Gasteiger partial charge on any atom is -0.493 e. The molecule has 1 saturated heterocycles. The van der Waals surface area contributed by atoms with E-state index in [4.69, 9.17) is 14.2 Å². The molecule has 0 bridgehead atoms. The van der Waals surface area contributed by atoms with Gasteiger partial charge in [-0.25, -0.2) is 4.98 Å². The summed E-state index contributed by atoms with van der Waals surface area (Å²) in [4.78, 5) is 19.9. The number of benzene rings is 2. The maximum absolute atomic E-state index is 13.5. The zero-order valence-electron chi connectivity index (χ0n) is 19.3. The second-order valence-corrected chi connectivity index (χ2v) is 8.29. The quantitative estimate of drug-likeness (QED) is 0.395. The van der Waals surface area contributed by atoms with E-state index in [-0.39, 0.29) is 11.9 Å². The highest BCUT2D eigenvalue weighted by Crippen LogP contribution is 2.37. The third kappa shape index (κ3) is 4.29. The van der Waals surface area contributed by atoms with Gasteiger partial charge in [-0.3, -0.25) is 4.79 Å². The summed E-state index contributed by atoms with van der Waals surface area (Å²) >= 11 is 0. The Labute approximate surface area is 198 Å². The van der Waals surface area contributed by atoms with Crippen molar-refractivity contribution >= 4 is 11.6 Å². The summed E-state index contributed by atoms with van der Waals surface area (Å²) in [5.74, 6) is 1.99. The molecule has 7 heteroatoms. The molecular formula is C27H27N3O4. The number of ether oxygens (including phenoxy) is 3. The molecule has 2 aromatic carbocycles. The Balaban J connectivity index is 1.31. The van der Waals surface area contributed by atoms with Crippen molar-refractivity contribution in [3.05, 3.63) is 89.9 Å². The third-order valence-electron chi connectivity index (χ3n) is 6.19. The van der Waals surface area contributed by atoms with Crippen LogP contribution >= 0.6 is 0 Å². The van der Waals surface area contributed by atoms with Gasteiger partial charge in [0.1, 0.15) is 18.0 Å². The molecule has 34 heavy (non-hydrogen) atoms. The molecule has 7 nitrogen and oxygen atoms in total. The molecule has 3 heterocycles. The summed E-state index contributed by atoms with van der Waals surface area (Å²) < 4.78 is 18.7. The largest absolute Gasteiger partial charge is 0.493 e. The lowest BCUT2D eigenvalue weighted by molar-refractivity contribution is 0.0735. The number of methoxy groups -OCH3 is 2. The number of hydrogen-bond donors (Lipinski definition) is 0. The lowest BCUT2D eigenvalue weighted by Gasteiger charge is -2.26. The van der Waals surface area contributed by atoms with Gasteiger partial charge in [0.25, 0.3) is 5.91 Å². The predicted octanol–water partition coefficient (Wildman–Crippen LogP) is 4.91. The highest BCUT2D eigenvalue weighted by Gasteiger charge is 2.31. The van der Waals surface area contributed by atoms with Crippen LogP contribution in [0.2, 0.25) is 0 Å². The second kappa shape index (κ2) is 9.47. The molecule has 0 spiro atoms. The van der Waals surface area contributed by atoms with Crippen molar-refractivity contribution in [3.63, 3.8) is 0 Å². The summed E-state index contributed by atoms with van der Waals surface area (Å²) in [6, 6.07) is 19.1. The molecule has 2 aromatic heterocycles. The Bertz CT molecular complexity index is 1280. The van der Waals surface area contributed by atoms with Crippen LogP contribution in [0, 0.1) is 0 Å². The number of nitrogens with zero attached hydrogens (tertiary/aromatic N) is 3. The highest BCUT2D eigenvalue weighted by atomic mass is 16.5. The second-order valence-electron chi connectivity index (χ2n) is 8.29. The van der Waals surface area contributed by atoms with Gasteiger partial charge in [0.15, 0.2) is 11.5 Å². The summed E-state index contributed by atoms with van der Waals surface area (Å²) in [7, 11) is 3.24. The number of carbonyl (C=O) groups is 1. The number of imidazole rings is 1. The molecule has 1 aliphatic rings. The van der Waals surface area contributed by atoms with Crippen LogP contribution in [0.25, 0.3) is 5.65 Å². The first-order valence-electron chi connectivity index (χ1n) is 11.3. The van der Waals surface area contributed by atoms with Gasteiger partial charge in [0, 0.05) is 24.5 Å². The Morgan fingerprint density at radius 3 is 2.74 bits per heavy atom. The number of aromatic nitrogens is 2. The van der Waals surface area contributed by atoms with Crippen LogP contribution in [0.15, 0.2) is 73.1 Å². The summed E-state index contributed by atoms with van der Waals surface area (Å²) in [5, 5.41) is 0. The van der Waals surface area contributed by atoms with Crippen LogP contribution in [0.5, 0.6) is 17.2 Å². The van der Waals surface area contributed by atoms with Gasteiger partial charge in [0.2, 0.25) is 0 Å². The fourth-order valence-electron chi connectivity index (χ4n) is 4.52. The van der Waals surface area contributed by atoms with Gasteiger partial charge in [-0.15, -0.1) is 0 Å². The topological polar surface area (TPSA) is 65.3 Å². The van der Waals surface area contributed by atoms with E-state index in [1.807, 2.05) is 82.4 Å². The van der Waals surface area contributed by atoms with Gasteiger partial charge < -0.3 is 23.5 Å². The fraction of sp³-hybridized carbons (Fsp3) is 0.259. The van der Waals surface area contributed by atoms with Gasteiger partial charge in [0.05, 0.1) is 26.0 Å². The molecule has 1 aliphatic heterocycles. The van der Waals surface area contributed by atoms with E-state index in [1.54, 1.807) is 14.2 Å². The van der Waals surface area contributed by atoms with Gasteiger partial charge in [-0.2, -0.15) is 0 Å². The van der Waals surface area contributed by atoms with E-state index in [1.165, 1.54) is 0 Å². The van der Waals surface area contributed by atoms with Crippen LogP contribution in [-0.2, 0) is 6.61 Å². The van der Waals surface area contributed by atoms with E-state index in [9.17, 15) is 4.79 Å². The Morgan fingerprint density at radius 1 is 1.03 bits per heavy atom. The molecule has 1 unspecified atom stereocenters. The number of carbonyl (C=O) groups excluding carboxylic acids is 1. The number of likely N-dealkylation sites (tertiary alicyclic amines) is 1. The minimum atomic E-state index is -0.00476. The first-order valence-corrected chi connectivity index (χ1v) is 11.3. The lowest BCUT2D eigenvalue weighted by atomic mass is 10.0. The van der Waals surface area contributed by atoms with Crippen LogP contribution in [-0.4, -0.2) is 41.0 Å². The normalized spacial score (nSPS) is 15.5. The minimum absolute atomic E-state index is 0.00420. The van der Waals surface area contributed by atoms with E-state index in [2.05, 4.69) is 4.98 Å². The third-order valence-corrected chi connectivity index (χ3v) is 6.19. The first-order chi connectivity index (χ1) is 16.7. The van der Waals surface area contributed by atoms with Gasteiger partial charge in [-0.1, -0.05) is 18.2 Å². The molecule has 1 atom stereocenters. The number of rotatable bonds is 7. The number of hydrogen-bond acceptors (Lipinski definition) is 5. The number of fused-ring (bicyclic) bond motifs is 1. The van der Waals surface area contributed by atoms with Crippen molar-refractivity contribution in [1.82, 2.24) is 14.3 Å². The predicted molar refractivity (Wildman–Crippen MR) is 129 cm³/mol. The van der Waals surface area contributed by atoms with Crippen molar-refractivity contribution < 1.29 is 19.0 Å². The van der Waals surface area contributed by atoms with Crippen LogP contribution < -0.4 is 14.2 Å². The zero-order chi connectivity index (χ0) is 23.5. The lowest BCUT2D eigenvalue weighted by Crippen LogP contribution is -2.30. The Kier molecular flexibility index (Phi) is 6.08. The summed E-state index contributed by atoms with van der Waals surface area (Å²) in [6.45, 7) is 1.04. The van der Waals surface area contributed by atoms with Crippen LogP contribution in [0.3, 0.4) is 0 Å². The summed E-state index contributed by atoms with van der Waals surface area (Å²) in [5.41, 5.74) is 3.36. The molecular weight excluding hydrogens is 430 g/mol. The van der Waals surface area contributed by atoms with Gasteiger partial charge >= 0.3 is 0 Å². The van der Waals surface area contributed by atoms with Crippen molar-refractivity contribution in [2.45, 2.75) is 25.5 Å². The molecule has 1 fully saturated rings. The van der Waals surface area contributed by atoms with Crippen LogP contribution in [0.1, 0.15) is 40.5 Å². The number of amides is 1. The molecule has 174 valence electrons. The van der Waals surface area contributed by atoms with Gasteiger partial charge in [-0.05, 0) is 60.9 Å². The van der Waals surface area contributed by atoms with Crippen molar-refractivity contribution in [3.8, 4) is 17.2 Å². The molecule has 1 amide bonds. The van der Waals surface area contributed by atoms with E-state index < -0.39 is 0 Å². The molecule has 0 N–H and O–H groups in total. The summed E-state index contributed by atoms with van der Waals surface area (Å²) in [6.07, 6.45) is 5.76. The molecule has 0 saturated carbocycles. The Morgan fingerprint density at radius 2 is 1.91 bits per heavy atom. The molecule has 4 aromatic rings. The zero-order valence-corrected chi connectivity index (χ0v) is 19.3. The number of pyridine rings is 1. The monoisotopic (exact) mass is 457 g/mol. The van der Waals surface area contributed by atoms with Crippen molar-refractivity contribution in [2.24, 2.45) is 0 Å². The Hall–Kier alpha value is -4.00. The van der Waals surface area contributed by atoms with E-state index in [0.29, 0.717) is 36.0 Å². The highest BCUT2D eigenvalue weighted by molar-refractivity contribution is 5.95. The molecule has 0 radical (unpaired) electrons. The standard InChI is InChI=1S/C27H27N3O4/c1-32-24-12-11-19(16-25(24)33-2)23-9-6-14-30(23)27(31)20-7-5-8-22(15-20)34-18-21-17-29-13-4-3-10-26(29)28-21/h3-5,7-8,10-13,15-17,23H,6,9,14,18H2,1-2H3. The average molecular weight is 458 g/mol. The van der Waals surface area contributed by atoms with Crippen LogP contribution in [0.4, 0.5) is 0 Å². The van der Waals surface area contributed by atoms with E-state index >= 15 is 0 Å². The maximum atomic E-state index is 13.5. The van der Waals surface area contributed by atoms with E-state index in [0.717, 1.165) is 29.7 Å². The SMILES string of the molecule is COc1ccc(C2CCCN2C(=O)c2cccc(OCc3cn4ccccc4n3)c2)cc1OC. The first kappa shape index (κ1) is 21.8. The average Bonchev–Trinajstić information content (AvgIpc) is 3.54.